The summed E-state index contributed by atoms with van der Waals surface area (Å²) in [6, 6.07) is 15.0. The van der Waals surface area contributed by atoms with Gasteiger partial charge in [0.15, 0.2) is 0 Å². The molecule has 0 radical (unpaired) electrons. The van der Waals surface area contributed by atoms with Crippen LogP contribution in [0.4, 0.5) is 11.4 Å². The molecule has 1 fully saturated rings. The van der Waals surface area contributed by atoms with Gasteiger partial charge in [-0.2, -0.15) is 0 Å². The molecule has 1 saturated heterocycles. The molecular weight excluding hydrogens is 344 g/mol. The molecule has 0 spiro atoms. The summed E-state index contributed by atoms with van der Waals surface area (Å²) in [5, 5.41) is 14.1. The molecule has 2 amide bonds. The number of aryl methyl sites for hydroxylation is 1. The summed E-state index contributed by atoms with van der Waals surface area (Å²) < 4.78 is 1.52. The van der Waals surface area contributed by atoms with Crippen molar-refractivity contribution in [1.82, 2.24) is 20.2 Å². The maximum atomic E-state index is 12.8. The lowest BCUT2D eigenvalue weighted by Gasteiger charge is -2.17. The second-order valence-electron chi connectivity index (χ2n) is 6.48. The van der Waals surface area contributed by atoms with Gasteiger partial charge in [-0.15, -0.1) is 5.10 Å². The topological polar surface area (TPSA) is 93.0 Å². The van der Waals surface area contributed by atoms with E-state index in [9.17, 15) is 9.59 Å². The van der Waals surface area contributed by atoms with E-state index in [0.29, 0.717) is 12.2 Å². The summed E-state index contributed by atoms with van der Waals surface area (Å²) >= 11 is 0. The molecule has 0 aliphatic carbocycles. The Labute approximate surface area is 155 Å². The lowest BCUT2D eigenvalue weighted by molar-refractivity contribution is -0.122. The van der Waals surface area contributed by atoms with Crippen LogP contribution in [0.25, 0.3) is 5.69 Å². The van der Waals surface area contributed by atoms with Crippen LogP contribution in [0.3, 0.4) is 0 Å². The Bertz CT molecular complexity index is 971. The van der Waals surface area contributed by atoms with Gasteiger partial charge in [0.2, 0.25) is 11.8 Å². The number of aromatic nitrogens is 4. The van der Waals surface area contributed by atoms with Crippen LogP contribution in [0.2, 0.25) is 0 Å². The molecule has 1 N–H and O–H groups in total. The van der Waals surface area contributed by atoms with Crippen LogP contribution in [0.15, 0.2) is 54.9 Å². The third-order valence-corrected chi connectivity index (χ3v) is 4.66. The number of carbonyl (C=O) groups is 2. The largest absolute Gasteiger partial charge is 0.325 e. The molecule has 1 aliphatic rings. The van der Waals surface area contributed by atoms with Crippen molar-refractivity contribution in [2.45, 2.75) is 13.3 Å². The van der Waals surface area contributed by atoms with Crippen molar-refractivity contribution in [2.75, 3.05) is 16.8 Å². The zero-order chi connectivity index (χ0) is 18.8. The van der Waals surface area contributed by atoms with E-state index in [1.165, 1.54) is 11.0 Å². The van der Waals surface area contributed by atoms with Crippen molar-refractivity contribution in [2.24, 2.45) is 5.92 Å². The zero-order valence-corrected chi connectivity index (χ0v) is 14.7. The Morgan fingerprint density at radius 2 is 1.96 bits per heavy atom. The number of nitrogens with one attached hydrogen (secondary N) is 1. The Kier molecular flexibility index (Phi) is 4.37. The highest BCUT2D eigenvalue weighted by Crippen LogP contribution is 2.27. The number of amides is 2. The molecule has 0 saturated carbocycles. The van der Waals surface area contributed by atoms with E-state index in [2.05, 4.69) is 20.8 Å². The number of nitrogens with zero attached hydrogens (tertiary/aromatic N) is 5. The summed E-state index contributed by atoms with van der Waals surface area (Å²) in [5.74, 6) is -0.604. The van der Waals surface area contributed by atoms with E-state index >= 15 is 0 Å². The maximum absolute atomic E-state index is 12.8. The number of hydrogen-bond acceptors (Lipinski definition) is 5. The van der Waals surface area contributed by atoms with Crippen molar-refractivity contribution in [1.29, 1.82) is 0 Å². The van der Waals surface area contributed by atoms with Crippen LogP contribution < -0.4 is 10.2 Å². The molecule has 1 aliphatic heterocycles. The molecule has 2 heterocycles. The van der Waals surface area contributed by atoms with Crippen molar-refractivity contribution in [3.05, 3.63) is 60.4 Å². The van der Waals surface area contributed by atoms with Gasteiger partial charge in [0.05, 0.1) is 11.6 Å². The standard InChI is InChI=1S/C19H18N6O2/c1-13-7-8-16(25-12-20-22-23-25)10-17(13)21-19(27)14-9-18(26)24(11-14)15-5-3-2-4-6-15/h2-8,10,12,14H,9,11H2,1H3,(H,21,27). The second kappa shape index (κ2) is 6.99. The highest BCUT2D eigenvalue weighted by Gasteiger charge is 2.35. The number of anilines is 2. The predicted molar refractivity (Wildman–Crippen MR) is 99.4 cm³/mol. The van der Waals surface area contributed by atoms with Crippen molar-refractivity contribution >= 4 is 23.2 Å². The lowest BCUT2D eigenvalue weighted by atomic mass is 10.1. The van der Waals surface area contributed by atoms with E-state index in [1.807, 2.05) is 55.5 Å². The van der Waals surface area contributed by atoms with Gasteiger partial charge >= 0.3 is 0 Å². The molecule has 0 bridgehead atoms. The number of carbonyl (C=O) groups excluding carboxylic acids is 2. The second-order valence-corrected chi connectivity index (χ2v) is 6.48. The molecule has 8 nitrogen and oxygen atoms in total. The molecule has 27 heavy (non-hydrogen) atoms. The SMILES string of the molecule is Cc1ccc(-n2cnnn2)cc1NC(=O)C1CC(=O)N(c2ccccc2)C1. The van der Waals surface area contributed by atoms with Crippen molar-refractivity contribution in [3.63, 3.8) is 0 Å². The highest BCUT2D eigenvalue weighted by molar-refractivity contribution is 6.03. The fourth-order valence-electron chi connectivity index (χ4n) is 3.14. The minimum atomic E-state index is -0.395. The zero-order valence-electron chi connectivity index (χ0n) is 14.7. The number of tetrazole rings is 1. The molecule has 2 aromatic carbocycles. The summed E-state index contributed by atoms with van der Waals surface area (Å²) in [5.41, 5.74) is 3.16. The summed E-state index contributed by atoms with van der Waals surface area (Å²) in [6.07, 6.45) is 1.69. The first-order valence-electron chi connectivity index (χ1n) is 8.62. The monoisotopic (exact) mass is 362 g/mol. The first-order chi connectivity index (χ1) is 13.1. The molecule has 1 unspecified atom stereocenters. The Morgan fingerprint density at radius 1 is 1.15 bits per heavy atom. The first kappa shape index (κ1) is 16.9. The predicted octanol–water partition coefficient (Wildman–Crippen LogP) is 1.96. The van der Waals surface area contributed by atoms with Crippen LogP contribution in [0.5, 0.6) is 0 Å². The van der Waals surface area contributed by atoms with Crippen LogP contribution in [0.1, 0.15) is 12.0 Å². The fraction of sp³-hybridized carbons (Fsp3) is 0.211. The third-order valence-electron chi connectivity index (χ3n) is 4.66. The van der Waals surface area contributed by atoms with Crippen LogP contribution in [-0.4, -0.2) is 38.6 Å². The average molecular weight is 362 g/mol. The Balaban J connectivity index is 1.50. The van der Waals surface area contributed by atoms with Gasteiger partial charge in [0, 0.05) is 24.3 Å². The van der Waals surface area contributed by atoms with Crippen LogP contribution in [-0.2, 0) is 9.59 Å². The molecular formula is C19H18N6O2. The van der Waals surface area contributed by atoms with E-state index in [-0.39, 0.29) is 18.2 Å². The number of benzene rings is 2. The van der Waals surface area contributed by atoms with Gasteiger partial charge in [-0.05, 0) is 47.2 Å². The number of hydrogen-bond donors (Lipinski definition) is 1. The molecule has 8 heteroatoms. The lowest BCUT2D eigenvalue weighted by Crippen LogP contribution is -2.28. The fourth-order valence-corrected chi connectivity index (χ4v) is 3.14. The third kappa shape index (κ3) is 3.41. The number of para-hydroxylation sites is 1. The summed E-state index contributed by atoms with van der Waals surface area (Å²) in [6.45, 7) is 2.29. The van der Waals surface area contributed by atoms with Gasteiger partial charge in [-0.3, -0.25) is 9.59 Å². The van der Waals surface area contributed by atoms with Gasteiger partial charge in [0.1, 0.15) is 6.33 Å². The molecule has 1 aromatic heterocycles. The minimum absolute atomic E-state index is 0.0412. The first-order valence-corrected chi connectivity index (χ1v) is 8.62. The quantitative estimate of drug-likeness (QED) is 0.766. The molecule has 1 atom stereocenters. The summed E-state index contributed by atoms with van der Waals surface area (Å²) in [4.78, 5) is 26.8. The smallest absolute Gasteiger partial charge is 0.229 e. The van der Waals surface area contributed by atoms with Crippen LogP contribution in [0, 0.1) is 12.8 Å². The van der Waals surface area contributed by atoms with Gasteiger partial charge in [-0.1, -0.05) is 24.3 Å². The van der Waals surface area contributed by atoms with E-state index in [0.717, 1.165) is 16.9 Å². The van der Waals surface area contributed by atoms with E-state index < -0.39 is 5.92 Å². The molecule has 136 valence electrons. The molecule has 3 aromatic rings. The average Bonchev–Trinajstić information content (AvgIpc) is 3.34. The Morgan fingerprint density at radius 3 is 2.70 bits per heavy atom. The molecule has 4 rings (SSSR count). The van der Waals surface area contributed by atoms with Crippen molar-refractivity contribution in [3.8, 4) is 5.69 Å². The Hall–Kier alpha value is -3.55. The van der Waals surface area contributed by atoms with Gasteiger partial charge < -0.3 is 10.2 Å². The maximum Gasteiger partial charge on any atom is 0.229 e. The van der Waals surface area contributed by atoms with Crippen LogP contribution >= 0.6 is 0 Å². The normalized spacial score (nSPS) is 16.6. The van der Waals surface area contributed by atoms with E-state index in [1.54, 1.807) is 4.90 Å². The van der Waals surface area contributed by atoms with Gasteiger partial charge in [-0.25, -0.2) is 4.68 Å². The van der Waals surface area contributed by atoms with Gasteiger partial charge in [0.25, 0.3) is 0 Å². The van der Waals surface area contributed by atoms with Crippen molar-refractivity contribution < 1.29 is 9.59 Å². The number of rotatable bonds is 4. The van der Waals surface area contributed by atoms with E-state index in [4.69, 9.17) is 0 Å². The highest BCUT2D eigenvalue weighted by atomic mass is 16.2. The summed E-state index contributed by atoms with van der Waals surface area (Å²) in [7, 11) is 0. The minimum Gasteiger partial charge on any atom is -0.325 e.